The van der Waals surface area contributed by atoms with Crippen LogP contribution < -0.4 is 0 Å². The third-order valence-corrected chi connectivity index (χ3v) is 0.455. The molecular formula is C6H10. The minimum absolute atomic E-state index is 0.595. The zero-order valence-electron chi connectivity index (χ0n) is 5.23. The van der Waals surface area contributed by atoms with Gasteiger partial charge in [0.15, 0.2) is 0 Å². The van der Waals surface area contributed by atoms with Gasteiger partial charge in [-0.25, -0.2) is 0 Å². The van der Waals surface area contributed by atoms with Crippen molar-refractivity contribution in [3.63, 3.8) is 0 Å². The highest BCUT2D eigenvalue weighted by molar-refractivity contribution is 4.98. The molecule has 0 rings (SSSR count). The van der Waals surface area contributed by atoms with Gasteiger partial charge >= 0.3 is 0 Å². The molecule has 0 nitrogen and oxygen atoms in total. The van der Waals surface area contributed by atoms with E-state index in [1.807, 2.05) is 19.1 Å². The molecule has 0 spiro atoms. The van der Waals surface area contributed by atoms with Crippen molar-refractivity contribution in [3.05, 3.63) is 24.3 Å². The molecule has 0 aromatic heterocycles. The quantitative estimate of drug-likeness (QED) is 0.426. The van der Waals surface area contributed by atoms with Crippen LogP contribution in [-0.2, 0) is 0 Å². The summed E-state index contributed by atoms with van der Waals surface area (Å²) < 4.78 is 6.89. The minimum atomic E-state index is 0.595. The van der Waals surface area contributed by atoms with E-state index in [2.05, 4.69) is 0 Å². The first kappa shape index (κ1) is 3.66. The average molecular weight is 83.2 g/mol. The second kappa shape index (κ2) is 4.48. The summed E-state index contributed by atoms with van der Waals surface area (Å²) in [7, 11) is 0. The summed E-state index contributed by atoms with van der Waals surface area (Å²) >= 11 is 0. The molecule has 0 aliphatic rings. The van der Waals surface area contributed by atoms with Crippen LogP contribution in [0.3, 0.4) is 0 Å². The Morgan fingerprint density at radius 2 is 2.00 bits per heavy atom. The molecule has 0 atom stereocenters. The zero-order valence-corrected chi connectivity index (χ0v) is 4.23. The van der Waals surface area contributed by atoms with Crippen molar-refractivity contribution in [2.24, 2.45) is 0 Å². The first-order valence-corrected chi connectivity index (χ1v) is 2.03. The van der Waals surface area contributed by atoms with Crippen molar-refractivity contribution in [3.8, 4) is 0 Å². The van der Waals surface area contributed by atoms with Crippen LogP contribution in [-0.4, -0.2) is 0 Å². The monoisotopic (exact) mass is 83.1 g/mol. The van der Waals surface area contributed by atoms with Crippen LogP contribution in [0, 0.1) is 0 Å². The van der Waals surface area contributed by atoms with Crippen LogP contribution in [0.5, 0.6) is 0 Å². The lowest BCUT2D eigenvalue weighted by Crippen LogP contribution is -1.40. The number of hydrogen-bond acceptors (Lipinski definition) is 0. The third kappa shape index (κ3) is 3.48. The zero-order chi connectivity index (χ0) is 5.70. The van der Waals surface area contributed by atoms with E-state index in [4.69, 9.17) is 1.37 Å². The fourth-order valence-corrected chi connectivity index (χ4v) is 0.192. The van der Waals surface area contributed by atoms with Crippen molar-refractivity contribution in [2.45, 2.75) is 13.8 Å². The largest absolute Gasteiger partial charge is 0.0877 e. The summed E-state index contributed by atoms with van der Waals surface area (Å²) in [5, 5.41) is 0. The van der Waals surface area contributed by atoms with E-state index in [0.717, 1.165) is 0 Å². The van der Waals surface area contributed by atoms with Crippen molar-refractivity contribution < 1.29 is 1.37 Å². The number of rotatable bonds is 1. The highest BCUT2D eigenvalue weighted by Gasteiger charge is 1.48. The van der Waals surface area contributed by atoms with Gasteiger partial charge in [-0.2, -0.15) is 0 Å². The Kier molecular flexibility index (Phi) is 2.73. The Labute approximate surface area is 40.6 Å². The fraction of sp³-hybridized carbons (Fsp3) is 0.333. The molecule has 0 radical (unpaired) electrons. The molecule has 0 aromatic carbocycles. The second-order valence-corrected chi connectivity index (χ2v) is 0.981. The molecule has 0 aliphatic carbocycles. The van der Waals surface area contributed by atoms with Gasteiger partial charge in [-0.15, -0.1) is 0 Å². The van der Waals surface area contributed by atoms with Crippen LogP contribution in [0.4, 0.5) is 0 Å². The molecule has 0 aliphatic heterocycles. The van der Waals surface area contributed by atoms with Gasteiger partial charge in [0.2, 0.25) is 0 Å². The molecule has 34 valence electrons. The molecule has 0 saturated heterocycles. The maximum atomic E-state index is 6.89. The average Bonchev–Trinajstić information content (AvgIpc) is 1.61. The molecule has 0 N–H and O–H groups in total. The molecular weight excluding hydrogens is 72.1 g/mol. The van der Waals surface area contributed by atoms with Gasteiger partial charge in [-0.05, 0) is 13.8 Å². The minimum Gasteiger partial charge on any atom is -0.0877 e. The van der Waals surface area contributed by atoms with Crippen LogP contribution in [0.15, 0.2) is 24.3 Å². The molecule has 0 amide bonds. The van der Waals surface area contributed by atoms with Crippen LogP contribution >= 0.6 is 0 Å². The first-order valence-electron chi connectivity index (χ1n) is 2.53. The van der Waals surface area contributed by atoms with Gasteiger partial charge in [0.25, 0.3) is 0 Å². The molecule has 0 bridgehead atoms. The fourth-order valence-electron chi connectivity index (χ4n) is 0.192. The maximum absolute atomic E-state index is 6.89. The Bertz CT molecular complexity index is 86.4. The van der Waals surface area contributed by atoms with Gasteiger partial charge in [0.05, 0.1) is 1.37 Å². The van der Waals surface area contributed by atoms with Gasteiger partial charge in [-0.1, -0.05) is 24.3 Å². The molecule has 0 aromatic rings. The topological polar surface area (TPSA) is 0 Å². The van der Waals surface area contributed by atoms with E-state index < -0.39 is 0 Å². The van der Waals surface area contributed by atoms with Gasteiger partial charge < -0.3 is 0 Å². The van der Waals surface area contributed by atoms with E-state index in [1.165, 1.54) is 0 Å². The lowest BCUT2D eigenvalue weighted by molar-refractivity contribution is 1.69. The van der Waals surface area contributed by atoms with Crippen molar-refractivity contribution >= 4 is 0 Å². The molecule has 0 saturated carbocycles. The van der Waals surface area contributed by atoms with E-state index in [9.17, 15) is 0 Å². The van der Waals surface area contributed by atoms with E-state index >= 15 is 0 Å². The maximum Gasteiger partial charge on any atom is 0.0573 e. The Hall–Kier alpha value is -0.520. The smallest absolute Gasteiger partial charge is 0.0573 e. The van der Waals surface area contributed by atoms with E-state index in [-0.39, 0.29) is 0 Å². The predicted octanol–water partition coefficient (Wildman–Crippen LogP) is 2.14. The van der Waals surface area contributed by atoms with Crippen molar-refractivity contribution in [1.82, 2.24) is 0 Å². The van der Waals surface area contributed by atoms with Crippen LogP contribution in [0.1, 0.15) is 15.2 Å². The Morgan fingerprint density at radius 3 is 2.17 bits per heavy atom. The summed E-state index contributed by atoms with van der Waals surface area (Å²) in [6, 6.07) is 0.595. The van der Waals surface area contributed by atoms with E-state index in [0.29, 0.717) is 6.05 Å². The molecule has 0 heterocycles. The molecule has 0 unspecified atom stereocenters. The van der Waals surface area contributed by atoms with Crippen LogP contribution in [0.25, 0.3) is 0 Å². The van der Waals surface area contributed by atoms with E-state index in [1.54, 1.807) is 13.0 Å². The summed E-state index contributed by atoms with van der Waals surface area (Å²) in [4.78, 5) is 0. The second-order valence-electron chi connectivity index (χ2n) is 0.981. The highest BCUT2D eigenvalue weighted by Crippen LogP contribution is 1.71. The lowest BCUT2D eigenvalue weighted by atomic mass is 10.5. The number of allylic oxidation sites excluding steroid dienone is 4. The van der Waals surface area contributed by atoms with Gasteiger partial charge in [-0.3, -0.25) is 0 Å². The third-order valence-electron chi connectivity index (χ3n) is 0.455. The summed E-state index contributed by atoms with van der Waals surface area (Å²) in [6.07, 6.45) is 5.50. The first-order chi connectivity index (χ1) is 3.27. The molecule has 6 heavy (non-hydrogen) atoms. The van der Waals surface area contributed by atoms with Gasteiger partial charge in [0, 0.05) is 0 Å². The highest BCUT2D eigenvalue weighted by atomic mass is 13.6. The standard InChI is InChI=1S/C6H10/c1-3-5-6-4-2/h3-6H,1-2H3/b5-3-,6-4+/i3D/b5-3+,6-4-. The Balaban J connectivity index is 3.46. The molecule has 0 heteroatoms. The summed E-state index contributed by atoms with van der Waals surface area (Å²) in [5.41, 5.74) is 0. The van der Waals surface area contributed by atoms with Crippen LogP contribution in [0.2, 0.25) is 0 Å². The Morgan fingerprint density at radius 1 is 1.33 bits per heavy atom. The lowest BCUT2D eigenvalue weighted by Gasteiger charge is -1.62. The molecule has 0 fully saturated rings. The normalized spacial score (nSPS) is 15.7. The summed E-state index contributed by atoms with van der Waals surface area (Å²) in [6.45, 7) is 3.68. The van der Waals surface area contributed by atoms with Crippen molar-refractivity contribution in [2.75, 3.05) is 0 Å². The van der Waals surface area contributed by atoms with Crippen molar-refractivity contribution in [1.29, 1.82) is 0 Å². The number of hydrogen-bond donors (Lipinski definition) is 0. The predicted molar refractivity (Wildman–Crippen MR) is 29.6 cm³/mol. The summed E-state index contributed by atoms with van der Waals surface area (Å²) in [5.74, 6) is 0. The SMILES string of the molecule is [2H]/C(C)=C\C=C/C. The van der Waals surface area contributed by atoms with Gasteiger partial charge in [0.1, 0.15) is 0 Å².